The normalized spacial score (nSPS) is 16.2. The van der Waals surface area contributed by atoms with Gasteiger partial charge in [0.1, 0.15) is 10.9 Å². The summed E-state index contributed by atoms with van der Waals surface area (Å²) in [6.07, 6.45) is 6.17. The molecule has 1 saturated carbocycles. The Bertz CT molecular complexity index is 651. The minimum atomic E-state index is 0.295. The molecule has 2 aromatic heterocycles. The topological polar surface area (TPSA) is 64.7 Å². The molecule has 24 heavy (non-hydrogen) atoms. The molecule has 0 N–H and O–H groups in total. The van der Waals surface area contributed by atoms with Crippen LogP contribution >= 0.6 is 11.8 Å². The van der Waals surface area contributed by atoms with E-state index in [1.54, 1.807) is 0 Å². The zero-order valence-corrected chi connectivity index (χ0v) is 15.8. The second-order valence-electron chi connectivity index (χ2n) is 7.14. The highest BCUT2D eigenvalue weighted by atomic mass is 32.2. The van der Waals surface area contributed by atoms with Crippen molar-refractivity contribution >= 4 is 11.8 Å². The van der Waals surface area contributed by atoms with E-state index in [0.29, 0.717) is 23.0 Å². The maximum Gasteiger partial charge on any atom is 0.282 e. The van der Waals surface area contributed by atoms with Gasteiger partial charge in [0.15, 0.2) is 0 Å². The molecule has 1 fully saturated rings. The highest BCUT2D eigenvalue weighted by Crippen LogP contribution is 2.34. The fourth-order valence-electron chi connectivity index (χ4n) is 2.93. The van der Waals surface area contributed by atoms with Gasteiger partial charge in [-0.2, -0.15) is 0 Å². The largest absolute Gasteiger partial charge is 0.415 e. The number of aromatic nitrogens is 4. The molecule has 2 heterocycles. The van der Waals surface area contributed by atoms with E-state index >= 15 is 0 Å². The van der Waals surface area contributed by atoms with Crippen molar-refractivity contribution in [2.45, 2.75) is 87.8 Å². The van der Waals surface area contributed by atoms with Crippen molar-refractivity contribution in [2.24, 2.45) is 0 Å². The number of hydrogen-bond donors (Lipinski definition) is 0. The molecule has 0 aliphatic heterocycles. The van der Waals surface area contributed by atoms with Crippen LogP contribution in [0.3, 0.4) is 0 Å². The molecule has 1 aliphatic carbocycles. The molecule has 2 aromatic rings. The smallest absolute Gasteiger partial charge is 0.282 e. The van der Waals surface area contributed by atoms with Crippen LogP contribution in [0.25, 0.3) is 0 Å². The van der Waals surface area contributed by atoms with Crippen LogP contribution in [0.1, 0.15) is 95.0 Å². The van der Waals surface area contributed by atoms with Crippen LogP contribution in [0.2, 0.25) is 0 Å². The van der Waals surface area contributed by atoms with Gasteiger partial charge in [-0.15, -0.1) is 10.2 Å². The Morgan fingerprint density at radius 3 is 2.42 bits per heavy atom. The summed E-state index contributed by atoms with van der Waals surface area (Å²) in [7, 11) is 0. The summed E-state index contributed by atoms with van der Waals surface area (Å²) in [5.74, 6) is 2.76. The Kier molecular flexibility index (Phi) is 5.54. The Labute approximate surface area is 148 Å². The third kappa shape index (κ3) is 4.15. The summed E-state index contributed by atoms with van der Waals surface area (Å²) >= 11 is 1.44. The first-order valence-corrected chi connectivity index (χ1v) is 9.74. The van der Waals surface area contributed by atoms with Gasteiger partial charge in [-0.3, -0.25) is 0 Å². The van der Waals surface area contributed by atoms with Crippen molar-refractivity contribution in [1.82, 2.24) is 20.2 Å². The van der Waals surface area contributed by atoms with Crippen LogP contribution in [0.5, 0.6) is 0 Å². The van der Waals surface area contributed by atoms with Crippen LogP contribution in [0.15, 0.2) is 20.7 Å². The van der Waals surface area contributed by atoms with Crippen molar-refractivity contribution in [3.05, 3.63) is 23.5 Å². The Hall–Kier alpha value is -1.43. The molecular formula is C18H26N4OS. The molecule has 0 radical (unpaired) electrons. The van der Waals surface area contributed by atoms with Gasteiger partial charge in [0.05, 0.1) is 0 Å². The molecule has 1 aliphatic rings. The molecule has 0 unspecified atom stereocenters. The molecule has 0 bridgehead atoms. The highest BCUT2D eigenvalue weighted by molar-refractivity contribution is 7.99. The molecule has 0 aromatic carbocycles. The van der Waals surface area contributed by atoms with Crippen LogP contribution in [0.4, 0.5) is 0 Å². The van der Waals surface area contributed by atoms with E-state index in [-0.39, 0.29) is 0 Å². The van der Waals surface area contributed by atoms with Gasteiger partial charge in [0.25, 0.3) is 5.22 Å². The van der Waals surface area contributed by atoms with Crippen LogP contribution in [0, 0.1) is 0 Å². The lowest BCUT2D eigenvalue weighted by Gasteiger charge is -2.17. The minimum Gasteiger partial charge on any atom is -0.415 e. The average molecular weight is 346 g/mol. The Morgan fingerprint density at radius 2 is 1.75 bits per heavy atom. The van der Waals surface area contributed by atoms with E-state index in [1.807, 2.05) is 6.07 Å². The van der Waals surface area contributed by atoms with E-state index in [4.69, 9.17) is 4.42 Å². The monoisotopic (exact) mass is 346 g/mol. The zero-order chi connectivity index (χ0) is 17.1. The summed E-state index contributed by atoms with van der Waals surface area (Å²) in [5, 5.41) is 9.96. The van der Waals surface area contributed by atoms with Crippen LogP contribution in [-0.2, 0) is 0 Å². The predicted molar refractivity (Wildman–Crippen MR) is 94.5 cm³/mol. The van der Waals surface area contributed by atoms with Crippen molar-refractivity contribution in [1.29, 1.82) is 0 Å². The van der Waals surface area contributed by atoms with Crippen molar-refractivity contribution < 1.29 is 4.42 Å². The van der Waals surface area contributed by atoms with Gasteiger partial charge in [-0.05, 0) is 36.6 Å². The number of nitrogens with zero attached hydrogens (tertiary/aromatic N) is 4. The lowest BCUT2D eigenvalue weighted by Crippen LogP contribution is -2.04. The van der Waals surface area contributed by atoms with Crippen LogP contribution in [-0.4, -0.2) is 20.2 Å². The number of rotatable bonds is 5. The molecule has 130 valence electrons. The molecule has 0 amide bonds. The second-order valence-corrected chi connectivity index (χ2v) is 8.11. The fraction of sp³-hybridized carbons (Fsp3) is 0.667. The van der Waals surface area contributed by atoms with Crippen molar-refractivity contribution in [3.8, 4) is 0 Å². The maximum absolute atomic E-state index is 5.91. The highest BCUT2D eigenvalue weighted by Gasteiger charge is 2.22. The predicted octanol–water partition coefficient (Wildman–Crippen LogP) is 5.31. The molecule has 5 nitrogen and oxygen atoms in total. The van der Waals surface area contributed by atoms with Gasteiger partial charge in [-0.1, -0.05) is 47.0 Å². The van der Waals surface area contributed by atoms with Gasteiger partial charge in [-0.25, -0.2) is 9.97 Å². The average Bonchev–Trinajstić information content (AvgIpc) is 3.03. The van der Waals surface area contributed by atoms with Gasteiger partial charge in [0, 0.05) is 17.5 Å². The van der Waals surface area contributed by atoms with Gasteiger partial charge < -0.3 is 4.42 Å². The van der Waals surface area contributed by atoms with Gasteiger partial charge >= 0.3 is 0 Å². The summed E-state index contributed by atoms with van der Waals surface area (Å²) in [6, 6.07) is 2.03. The van der Waals surface area contributed by atoms with E-state index in [2.05, 4.69) is 47.9 Å². The fourth-order valence-corrected chi connectivity index (χ4v) is 3.64. The molecule has 0 spiro atoms. The molecule has 0 saturated heterocycles. The Morgan fingerprint density at radius 1 is 1.00 bits per heavy atom. The SMILES string of the molecule is CC(C)c1cc(Sc2nnc(C3CCCCC3)o2)nc(C(C)C)n1. The molecule has 6 heteroatoms. The second kappa shape index (κ2) is 7.64. The summed E-state index contributed by atoms with van der Waals surface area (Å²) in [4.78, 5) is 9.32. The maximum atomic E-state index is 5.91. The summed E-state index contributed by atoms with van der Waals surface area (Å²) in [5.41, 5.74) is 1.06. The number of hydrogen-bond acceptors (Lipinski definition) is 6. The third-order valence-corrected chi connectivity index (χ3v) is 5.17. The molecule has 3 rings (SSSR count). The first-order chi connectivity index (χ1) is 11.5. The van der Waals surface area contributed by atoms with E-state index in [1.165, 1.54) is 31.0 Å². The zero-order valence-electron chi connectivity index (χ0n) is 15.0. The summed E-state index contributed by atoms with van der Waals surface area (Å²) in [6.45, 7) is 8.52. The minimum absolute atomic E-state index is 0.295. The Balaban J connectivity index is 1.79. The first kappa shape index (κ1) is 17.4. The lowest BCUT2D eigenvalue weighted by molar-refractivity contribution is 0.334. The van der Waals surface area contributed by atoms with E-state index in [0.717, 1.165) is 35.3 Å². The van der Waals surface area contributed by atoms with Crippen LogP contribution < -0.4 is 0 Å². The molecule has 0 atom stereocenters. The van der Waals surface area contributed by atoms with Crippen molar-refractivity contribution in [3.63, 3.8) is 0 Å². The quantitative estimate of drug-likeness (QED) is 0.684. The summed E-state index contributed by atoms with van der Waals surface area (Å²) < 4.78 is 5.91. The van der Waals surface area contributed by atoms with Gasteiger partial charge in [0.2, 0.25) is 5.89 Å². The van der Waals surface area contributed by atoms with Crippen molar-refractivity contribution in [2.75, 3.05) is 0 Å². The standard InChI is InChI=1S/C18H26N4OS/c1-11(2)14-10-15(20-16(19-14)12(3)4)24-18-22-21-17(23-18)13-8-6-5-7-9-13/h10-13H,5-9H2,1-4H3. The first-order valence-electron chi connectivity index (χ1n) is 8.93. The molecular weight excluding hydrogens is 320 g/mol. The third-order valence-electron chi connectivity index (χ3n) is 4.42. The van der Waals surface area contributed by atoms with E-state index in [9.17, 15) is 0 Å². The van der Waals surface area contributed by atoms with E-state index < -0.39 is 0 Å². The lowest BCUT2D eigenvalue weighted by atomic mass is 9.89.